The quantitative estimate of drug-likeness (QED) is 0.0722. The van der Waals surface area contributed by atoms with Gasteiger partial charge in [-0.25, -0.2) is 9.59 Å². The zero-order chi connectivity index (χ0) is 37.9. The molecule has 0 aliphatic heterocycles. The molecule has 0 aromatic heterocycles. The van der Waals surface area contributed by atoms with Crippen molar-refractivity contribution in [1.29, 1.82) is 0 Å². The van der Waals surface area contributed by atoms with Gasteiger partial charge in [0.25, 0.3) is 11.8 Å². The third-order valence-electron chi connectivity index (χ3n) is 7.24. The maximum absolute atomic E-state index is 13.0. The highest BCUT2D eigenvalue weighted by Gasteiger charge is 2.40. The van der Waals surface area contributed by atoms with Crippen LogP contribution in [0.5, 0.6) is 11.5 Å². The smallest absolute Gasteiger partial charge is 0.478 e. The number of nitrogens with one attached hydrogen (secondary N) is 2. The number of benzene rings is 2. The van der Waals surface area contributed by atoms with E-state index in [2.05, 4.69) is 10.6 Å². The summed E-state index contributed by atoms with van der Waals surface area (Å²) in [5.41, 5.74) is -0.795. The van der Waals surface area contributed by atoms with Gasteiger partial charge in [0.1, 0.15) is 11.5 Å². The summed E-state index contributed by atoms with van der Waals surface area (Å²) >= 11 is 0. The van der Waals surface area contributed by atoms with E-state index < -0.39 is 41.4 Å². The van der Waals surface area contributed by atoms with E-state index in [1.807, 2.05) is 41.5 Å². The highest BCUT2D eigenvalue weighted by atomic mass is 28.4. The third kappa shape index (κ3) is 13.4. The van der Waals surface area contributed by atoms with E-state index in [0.717, 1.165) is 0 Å². The fraction of sp³-hybridized carbons (Fsp3) is 0.529. The van der Waals surface area contributed by atoms with E-state index >= 15 is 0 Å². The Balaban J connectivity index is 2.12. The van der Waals surface area contributed by atoms with Crippen molar-refractivity contribution in [3.8, 4) is 11.5 Å². The van der Waals surface area contributed by atoms with Crippen molar-refractivity contribution >= 4 is 41.4 Å². The van der Waals surface area contributed by atoms with Crippen LogP contribution in [0.15, 0.2) is 36.4 Å². The minimum Gasteiger partial charge on any atom is -0.478 e. The highest BCUT2D eigenvalue weighted by Crippen LogP contribution is 2.27. The molecule has 2 aromatic carbocycles. The first kappa shape index (κ1) is 43.5. The van der Waals surface area contributed by atoms with Gasteiger partial charge in [-0.15, -0.1) is 0 Å². The molecule has 0 aliphatic rings. The Morgan fingerprint density at radius 1 is 0.529 bits per heavy atom. The second kappa shape index (κ2) is 22.3. The minimum atomic E-state index is -2.90. The van der Waals surface area contributed by atoms with Crippen molar-refractivity contribution in [3.63, 3.8) is 0 Å². The molecule has 0 atom stereocenters. The Hall–Kier alpha value is -3.69. The molecule has 15 nitrogen and oxygen atoms in total. The van der Waals surface area contributed by atoms with Crippen molar-refractivity contribution in [3.05, 3.63) is 58.7 Å². The van der Waals surface area contributed by atoms with Gasteiger partial charge < -0.3 is 52.1 Å². The van der Waals surface area contributed by atoms with Crippen LogP contribution in [0.4, 0.5) is 0 Å². The van der Waals surface area contributed by atoms with Crippen molar-refractivity contribution in [1.82, 2.24) is 10.6 Å². The van der Waals surface area contributed by atoms with Crippen LogP contribution in [-0.2, 0) is 26.6 Å². The largest absolute Gasteiger partial charge is 0.500 e. The molecule has 0 bridgehead atoms. The van der Waals surface area contributed by atoms with Gasteiger partial charge in [0, 0.05) is 64.8 Å². The van der Waals surface area contributed by atoms with E-state index in [1.165, 1.54) is 36.4 Å². The molecule has 0 aliphatic carbocycles. The average Bonchev–Trinajstić information content (AvgIpc) is 3.09. The van der Waals surface area contributed by atoms with E-state index in [9.17, 15) is 29.4 Å². The minimum absolute atomic E-state index is 0.0453. The van der Waals surface area contributed by atoms with Gasteiger partial charge in [-0.1, -0.05) is 0 Å². The normalized spacial score (nSPS) is 11.6. The topological polar surface area (TPSA) is 197 Å². The van der Waals surface area contributed by atoms with Crippen LogP contribution < -0.4 is 15.4 Å². The average molecular weight is 753 g/mol. The number of aromatic carboxylic acids is 2. The van der Waals surface area contributed by atoms with E-state index in [-0.39, 0.29) is 46.8 Å². The lowest BCUT2D eigenvalue weighted by atomic mass is 10.1. The Kier molecular flexibility index (Phi) is 19.0. The Morgan fingerprint density at radius 3 is 1.12 bits per heavy atom. The number of carboxylic acid groups (broad SMARTS) is 2. The maximum Gasteiger partial charge on any atom is 0.500 e. The first-order valence-corrected chi connectivity index (χ1v) is 21.1. The maximum atomic E-state index is 13.0. The number of ether oxygens (including phenoxy) is 1. The molecule has 17 heteroatoms. The second-order valence-corrected chi connectivity index (χ2v) is 16.3. The van der Waals surface area contributed by atoms with Gasteiger partial charge in [-0.3, -0.25) is 9.59 Å². The zero-order valence-corrected chi connectivity index (χ0v) is 32.3. The summed E-state index contributed by atoms with van der Waals surface area (Å²) in [7, 11) is -5.79. The molecule has 0 saturated carbocycles. The lowest BCUT2D eigenvalue weighted by molar-refractivity contribution is 0.0682. The number of hydrogen-bond donors (Lipinski definition) is 4. The summed E-state index contributed by atoms with van der Waals surface area (Å²) in [6.07, 6.45) is 0.971. The van der Waals surface area contributed by atoms with E-state index in [1.54, 1.807) is 0 Å². The SMILES string of the molecule is CCO[Si](CCCNC(=O)c1ccc(Oc2ccc(C(=O)NCCC[Si](OCC)(OCC)OCC)c(C(=O)O)c2)cc1C(=O)O)(OCC)OCC. The zero-order valence-electron chi connectivity index (χ0n) is 30.3. The van der Waals surface area contributed by atoms with Crippen LogP contribution in [0.25, 0.3) is 0 Å². The van der Waals surface area contributed by atoms with Crippen molar-refractivity contribution in [2.75, 3.05) is 52.7 Å². The fourth-order valence-electron chi connectivity index (χ4n) is 5.27. The van der Waals surface area contributed by atoms with E-state index in [4.69, 9.17) is 31.3 Å². The molecule has 2 aromatic rings. The Labute approximate surface area is 301 Å². The molecule has 2 amide bonds. The summed E-state index contributed by atoms with van der Waals surface area (Å²) in [5.74, 6) is -3.82. The molecule has 284 valence electrons. The Bertz CT molecular complexity index is 1300. The molecule has 4 N–H and O–H groups in total. The van der Waals surface area contributed by atoms with Gasteiger partial charge in [-0.2, -0.15) is 0 Å². The number of hydrogen-bond acceptors (Lipinski definition) is 11. The molecular formula is C34H52N2O13Si2. The highest BCUT2D eigenvalue weighted by molar-refractivity contribution is 6.61. The molecule has 0 unspecified atom stereocenters. The lowest BCUT2D eigenvalue weighted by Crippen LogP contribution is -2.46. The third-order valence-corrected chi connectivity index (χ3v) is 13.5. The number of carboxylic acids is 2. The van der Waals surface area contributed by atoms with Crippen LogP contribution in [0, 0.1) is 0 Å². The van der Waals surface area contributed by atoms with Crippen LogP contribution >= 0.6 is 0 Å². The van der Waals surface area contributed by atoms with Crippen molar-refractivity contribution < 1.29 is 60.7 Å². The number of carbonyl (C=O) groups is 4. The first-order valence-electron chi connectivity index (χ1n) is 17.3. The lowest BCUT2D eigenvalue weighted by Gasteiger charge is -2.28. The number of carbonyl (C=O) groups excluding carboxylic acids is 2. The predicted octanol–water partition coefficient (Wildman–Crippen LogP) is 5.21. The Morgan fingerprint density at radius 2 is 0.843 bits per heavy atom. The molecule has 0 spiro atoms. The van der Waals surface area contributed by atoms with Gasteiger partial charge in [-0.05, 0) is 90.8 Å². The monoisotopic (exact) mass is 752 g/mol. The van der Waals surface area contributed by atoms with Gasteiger partial charge in [0.05, 0.1) is 22.3 Å². The standard InChI is InChI=1S/C34H52N2O13Si2/c1-7-43-50(44-8-2,45-9-3)21-13-19-35-31(37)27-17-15-25(23-29(27)33(39)40)49-26-16-18-28(30(24-26)34(41)42)32(38)36-20-14-22-51(46-10-4,47-11-5)48-12-6/h15-18,23-24H,7-14,19-22H2,1-6H3,(H,35,37)(H,36,38)(H,39,40)(H,41,42). The first-order chi connectivity index (χ1) is 24.4. The molecule has 0 radical (unpaired) electrons. The van der Waals surface area contributed by atoms with Gasteiger partial charge in [0.15, 0.2) is 0 Å². The molecule has 2 rings (SSSR count). The molecule has 51 heavy (non-hydrogen) atoms. The van der Waals surface area contributed by atoms with Crippen LogP contribution in [-0.4, -0.2) is 104 Å². The van der Waals surface area contributed by atoms with Gasteiger partial charge in [0.2, 0.25) is 0 Å². The van der Waals surface area contributed by atoms with E-state index in [0.29, 0.717) is 64.6 Å². The van der Waals surface area contributed by atoms with Crippen LogP contribution in [0.3, 0.4) is 0 Å². The van der Waals surface area contributed by atoms with Crippen molar-refractivity contribution in [2.24, 2.45) is 0 Å². The summed E-state index contributed by atoms with van der Waals surface area (Å²) in [6, 6.07) is 8.71. The summed E-state index contributed by atoms with van der Waals surface area (Å²) in [6.45, 7) is 14.1. The summed E-state index contributed by atoms with van der Waals surface area (Å²) in [4.78, 5) is 50.2. The van der Waals surface area contributed by atoms with Crippen LogP contribution in [0.2, 0.25) is 12.1 Å². The molecule has 0 saturated heterocycles. The fourth-order valence-corrected chi connectivity index (χ4v) is 10.5. The number of rotatable bonds is 26. The van der Waals surface area contributed by atoms with Gasteiger partial charge >= 0.3 is 29.5 Å². The second-order valence-electron chi connectivity index (χ2n) is 10.8. The molecule has 0 heterocycles. The summed E-state index contributed by atoms with van der Waals surface area (Å²) in [5, 5.41) is 25.2. The van der Waals surface area contributed by atoms with Crippen molar-refractivity contribution in [2.45, 2.75) is 66.5 Å². The molecular weight excluding hydrogens is 701 g/mol. The molecule has 0 fully saturated rings. The summed E-state index contributed by atoms with van der Waals surface area (Å²) < 4.78 is 40.8. The predicted molar refractivity (Wildman–Crippen MR) is 192 cm³/mol. The van der Waals surface area contributed by atoms with Crippen LogP contribution in [0.1, 0.15) is 95.8 Å². The number of amides is 2.